The zero-order chi connectivity index (χ0) is 16.1. The highest BCUT2D eigenvalue weighted by atomic mass is 16.5. The lowest BCUT2D eigenvalue weighted by molar-refractivity contribution is -0.131. The SMILES string of the molecule is COc1ccc(/C(=C\C(=O)O)c2cccc(C)c2)cc1OC. The number of ether oxygens (including phenoxy) is 2. The van der Waals surface area contributed by atoms with Crippen molar-refractivity contribution in [3.8, 4) is 11.5 Å². The van der Waals surface area contributed by atoms with Gasteiger partial charge in [-0.2, -0.15) is 0 Å². The fraction of sp³-hybridized carbons (Fsp3) is 0.167. The molecule has 4 nitrogen and oxygen atoms in total. The summed E-state index contributed by atoms with van der Waals surface area (Å²) in [5.41, 5.74) is 3.28. The zero-order valence-electron chi connectivity index (χ0n) is 12.8. The van der Waals surface area contributed by atoms with Crippen LogP contribution in [0.3, 0.4) is 0 Å². The molecule has 2 aromatic rings. The summed E-state index contributed by atoms with van der Waals surface area (Å²) in [6.45, 7) is 1.97. The summed E-state index contributed by atoms with van der Waals surface area (Å²) in [4.78, 5) is 11.2. The molecule has 114 valence electrons. The van der Waals surface area contributed by atoms with Crippen molar-refractivity contribution in [2.45, 2.75) is 6.92 Å². The van der Waals surface area contributed by atoms with Gasteiger partial charge in [0.1, 0.15) is 0 Å². The van der Waals surface area contributed by atoms with E-state index in [1.165, 1.54) is 6.08 Å². The Morgan fingerprint density at radius 2 is 1.68 bits per heavy atom. The Bertz CT molecular complexity index is 717. The van der Waals surface area contributed by atoms with Gasteiger partial charge in [0, 0.05) is 6.08 Å². The Labute approximate surface area is 129 Å². The number of carboxylic acids is 1. The summed E-state index contributed by atoms with van der Waals surface area (Å²) in [7, 11) is 3.11. The van der Waals surface area contributed by atoms with E-state index in [0.717, 1.165) is 16.7 Å². The smallest absolute Gasteiger partial charge is 0.328 e. The van der Waals surface area contributed by atoms with E-state index in [4.69, 9.17) is 9.47 Å². The van der Waals surface area contributed by atoms with Gasteiger partial charge in [0.15, 0.2) is 11.5 Å². The quantitative estimate of drug-likeness (QED) is 0.858. The number of hydrogen-bond acceptors (Lipinski definition) is 3. The van der Waals surface area contributed by atoms with Crippen LogP contribution in [0.15, 0.2) is 48.5 Å². The number of benzene rings is 2. The van der Waals surface area contributed by atoms with Crippen molar-refractivity contribution in [3.05, 3.63) is 65.2 Å². The maximum Gasteiger partial charge on any atom is 0.328 e. The third-order valence-corrected chi connectivity index (χ3v) is 3.29. The van der Waals surface area contributed by atoms with E-state index in [2.05, 4.69) is 0 Å². The van der Waals surface area contributed by atoms with Crippen LogP contribution in [-0.2, 0) is 4.79 Å². The average molecular weight is 298 g/mol. The molecule has 4 heteroatoms. The maximum absolute atomic E-state index is 11.2. The molecule has 0 unspecified atom stereocenters. The van der Waals surface area contributed by atoms with Crippen molar-refractivity contribution in [1.29, 1.82) is 0 Å². The summed E-state index contributed by atoms with van der Waals surface area (Å²) in [6, 6.07) is 13.1. The number of hydrogen-bond donors (Lipinski definition) is 1. The first kappa shape index (κ1) is 15.6. The Morgan fingerprint density at radius 1 is 1.00 bits per heavy atom. The summed E-state index contributed by atoms with van der Waals surface area (Å²) < 4.78 is 10.5. The van der Waals surface area contributed by atoms with Gasteiger partial charge in [0.05, 0.1) is 14.2 Å². The van der Waals surface area contributed by atoms with Crippen LogP contribution in [0.25, 0.3) is 5.57 Å². The molecular weight excluding hydrogens is 280 g/mol. The molecule has 0 saturated carbocycles. The molecule has 0 amide bonds. The van der Waals surface area contributed by atoms with E-state index in [0.29, 0.717) is 17.1 Å². The highest BCUT2D eigenvalue weighted by Crippen LogP contribution is 2.33. The van der Waals surface area contributed by atoms with Crippen molar-refractivity contribution in [1.82, 2.24) is 0 Å². The van der Waals surface area contributed by atoms with E-state index < -0.39 is 5.97 Å². The largest absolute Gasteiger partial charge is 0.493 e. The lowest BCUT2D eigenvalue weighted by Crippen LogP contribution is -1.97. The monoisotopic (exact) mass is 298 g/mol. The predicted molar refractivity (Wildman–Crippen MR) is 85.4 cm³/mol. The molecule has 0 bridgehead atoms. The molecule has 0 atom stereocenters. The van der Waals surface area contributed by atoms with Gasteiger partial charge >= 0.3 is 5.97 Å². The lowest BCUT2D eigenvalue weighted by atomic mass is 9.96. The van der Waals surface area contributed by atoms with Gasteiger partial charge in [0.25, 0.3) is 0 Å². The minimum Gasteiger partial charge on any atom is -0.493 e. The summed E-state index contributed by atoms with van der Waals surface area (Å²) in [5.74, 6) is 0.167. The minimum atomic E-state index is -0.994. The van der Waals surface area contributed by atoms with Gasteiger partial charge in [-0.3, -0.25) is 0 Å². The van der Waals surface area contributed by atoms with Crippen LogP contribution in [0.4, 0.5) is 0 Å². The fourth-order valence-corrected chi connectivity index (χ4v) is 2.27. The normalized spacial score (nSPS) is 11.1. The summed E-state index contributed by atoms with van der Waals surface area (Å²) >= 11 is 0. The fourth-order valence-electron chi connectivity index (χ4n) is 2.27. The summed E-state index contributed by atoms with van der Waals surface area (Å²) in [5, 5.41) is 9.17. The number of carbonyl (C=O) groups is 1. The molecule has 0 radical (unpaired) electrons. The van der Waals surface area contributed by atoms with Crippen LogP contribution in [0.1, 0.15) is 16.7 Å². The number of aliphatic carboxylic acids is 1. The first-order valence-electron chi connectivity index (χ1n) is 6.79. The second kappa shape index (κ2) is 6.80. The molecule has 0 aliphatic carbocycles. The number of aryl methyl sites for hydroxylation is 1. The molecule has 1 N–H and O–H groups in total. The van der Waals surface area contributed by atoms with Crippen LogP contribution < -0.4 is 9.47 Å². The molecule has 2 rings (SSSR count). The van der Waals surface area contributed by atoms with Crippen LogP contribution in [0, 0.1) is 6.92 Å². The highest BCUT2D eigenvalue weighted by molar-refractivity contribution is 5.95. The molecule has 2 aromatic carbocycles. The first-order chi connectivity index (χ1) is 10.5. The van der Waals surface area contributed by atoms with E-state index in [1.807, 2.05) is 37.3 Å². The first-order valence-corrected chi connectivity index (χ1v) is 6.79. The van der Waals surface area contributed by atoms with Gasteiger partial charge in [-0.15, -0.1) is 0 Å². The third-order valence-electron chi connectivity index (χ3n) is 3.29. The van der Waals surface area contributed by atoms with Crippen molar-refractivity contribution < 1.29 is 19.4 Å². The molecule has 0 saturated heterocycles. The van der Waals surface area contributed by atoms with Crippen molar-refractivity contribution in [2.24, 2.45) is 0 Å². The molecular formula is C18H18O4. The van der Waals surface area contributed by atoms with Crippen LogP contribution in [0.2, 0.25) is 0 Å². The molecule has 0 heterocycles. The molecule has 0 aliphatic rings. The Kier molecular flexibility index (Phi) is 4.84. The average Bonchev–Trinajstić information content (AvgIpc) is 2.51. The standard InChI is InChI=1S/C18H18O4/c1-12-5-4-6-13(9-12)15(11-18(19)20)14-7-8-16(21-2)17(10-14)22-3/h4-11H,1-3H3,(H,19,20)/b15-11-. The van der Waals surface area contributed by atoms with Crippen LogP contribution in [0.5, 0.6) is 11.5 Å². The summed E-state index contributed by atoms with van der Waals surface area (Å²) in [6.07, 6.45) is 1.20. The number of carboxylic acid groups (broad SMARTS) is 1. The Morgan fingerprint density at radius 3 is 2.27 bits per heavy atom. The van der Waals surface area contributed by atoms with E-state index in [9.17, 15) is 9.90 Å². The van der Waals surface area contributed by atoms with Crippen molar-refractivity contribution in [2.75, 3.05) is 14.2 Å². The van der Waals surface area contributed by atoms with Crippen LogP contribution in [-0.4, -0.2) is 25.3 Å². The van der Waals surface area contributed by atoms with Crippen molar-refractivity contribution in [3.63, 3.8) is 0 Å². The minimum absolute atomic E-state index is 0.559. The molecule has 22 heavy (non-hydrogen) atoms. The van der Waals surface area contributed by atoms with Gasteiger partial charge < -0.3 is 14.6 Å². The molecule has 0 aromatic heterocycles. The zero-order valence-corrected chi connectivity index (χ0v) is 12.8. The molecule has 0 fully saturated rings. The highest BCUT2D eigenvalue weighted by Gasteiger charge is 2.11. The lowest BCUT2D eigenvalue weighted by Gasteiger charge is -2.12. The maximum atomic E-state index is 11.2. The second-order valence-corrected chi connectivity index (χ2v) is 4.84. The molecule has 0 spiro atoms. The van der Waals surface area contributed by atoms with E-state index in [1.54, 1.807) is 26.4 Å². The van der Waals surface area contributed by atoms with Gasteiger partial charge in [-0.05, 0) is 35.8 Å². The third kappa shape index (κ3) is 3.47. The van der Waals surface area contributed by atoms with E-state index >= 15 is 0 Å². The van der Waals surface area contributed by atoms with Crippen molar-refractivity contribution >= 4 is 11.5 Å². The number of methoxy groups -OCH3 is 2. The van der Waals surface area contributed by atoms with Gasteiger partial charge in [0.2, 0.25) is 0 Å². The topological polar surface area (TPSA) is 55.8 Å². The van der Waals surface area contributed by atoms with E-state index in [-0.39, 0.29) is 0 Å². The van der Waals surface area contributed by atoms with Gasteiger partial charge in [-0.1, -0.05) is 35.9 Å². The number of rotatable bonds is 5. The van der Waals surface area contributed by atoms with Crippen LogP contribution >= 0.6 is 0 Å². The Hall–Kier alpha value is -2.75. The van der Waals surface area contributed by atoms with Gasteiger partial charge in [-0.25, -0.2) is 4.79 Å². The predicted octanol–water partition coefficient (Wildman–Crippen LogP) is 3.53. The molecule has 0 aliphatic heterocycles. The second-order valence-electron chi connectivity index (χ2n) is 4.84. The Balaban J connectivity index is 2.58.